The van der Waals surface area contributed by atoms with Crippen molar-refractivity contribution in [1.29, 1.82) is 5.26 Å². The van der Waals surface area contributed by atoms with E-state index in [0.717, 1.165) is 21.8 Å². The number of anilines is 1. The van der Waals surface area contributed by atoms with Gasteiger partial charge in [0.05, 0.1) is 34.0 Å². The number of nitriles is 1. The van der Waals surface area contributed by atoms with Crippen molar-refractivity contribution >= 4 is 50.5 Å². The molecule has 0 spiro atoms. The molecule has 2 aromatic heterocycles. The van der Waals surface area contributed by atoms with Crippen LogP contribution in [0.25, 0.3) is 33.0 Å². The van der Waals surface area contributed by atoms with Gasteiger partial charge in [-0.25, -0.2) is 0 Å². The van der Waals surface area contributed by atoms with Crippen LogP contribution in [-0.2, 0) is 23.7 Å². The summed E-state index contributed by atoms with van der Waals surface area (Å²) >= 11 is 0. The molecular weight excluding hydrogens is 378 g/mol. The molecule has 0 unspecified atom stereocenters. The molecule has 3 heterocycles. The lowest BCUT2D eigenvalue weighted by molar-refractivity contribution is -0.122. The van der Waals surface area contributed by atoms with Crippen LogP contribution in [0.5, 0.6) is 0 Å². The van der Waals surface area contributed by atoms with Crippen molar-refractivity contribution in [3.8, 4) is 6.07 Å². The second-order valence-electron chi connectivity index (χ2n) is 7.44. The zero-order valence-corrected chi connectivity index (χ0v) is 16.4. The van der Waals surface area contributed by atoms with Gasteiger partial charge in [0.2, 0.25) is 0 Å². The number of rotatable bonds is 2. The third-order valence-electron chi connectivity index (χ3n) is 5.65. The maximum Gasteiger partial charge on any atom is 0.261 e. The summed E-state index contributed by atoms with van der Waals surface area (Å²) in [4.78, 5) is 25.7. The monoisotopic (exact) mass is 395 g/mol. The Morgan fingerprint density at radius 1 is 0.967 bits per heavy atom. The van der Waals surface area contributed by atoms with Crippen molar-refractivity contribution in [2.45, 2.75) is 0 Å². The molecule has 30 heavy (non-hydrogen) atoms. The predicted molar refractivity (Wildman–Crippen MR) is 115 cm³/mol. The largest absolute Gasteiger partial charge is 0.399 e. The van der Waals surface area contributed by atoms with Crippen molar-refractivity contribution in [2.24, 2.45) is 14.1 Å². The fourth-order valence-corrected chi connectivity index (χ4v) is 4.20. The first kappa shape index (κ1) is 17.8. The lowest BCUT2D eigenvalue weighted by atomic mass is 9.98. The summed E-state index contributed by atoms with van der Waals surface area (Å²) < 4.78 is 3.73. The summed E-state index contributed by atoms with van der Waals surface area (Å²) in [6, 6.07) is 14.8. The molecule has 5 rings (SSSR count). The van der Waals surface area contributed by atoms with E-state index in [1.54, 1.807) is 18.2 Å². The summed E-state index contributed by atoms with van der Waals surface area (Å²) in [5.41, 5.74) is 10.7. The second-order valence-corrected chi connectivity index (χ2v) is 7.44. The first-order chi connectivity index (χ1) is 14.4. The van der Waals surface area contributed by atoms with Crippen LogP contribution >= 0.6 is 0 Å². The van der Waals surface area contributed by atoms with Crippen molar-refractivity contribution in [1.82, 2.24) is 14.5 Å². The van der Waals surface area contributed by atoms with Gasteiger partial charge in [-0.2, -0.15) is 5.26 Å². The molecule has 0 radical (unpaired) electrons. The van der Waals surface area contributed by atoms with Crippen molar-refractivity contribution in [3.05, 3.63) is 65.5 Å². The molecule has 0 saturated heterocycles. The average molecular weight is 395 g/mol. The summed E-state index contributed by atoms with van der Waals surface area (Å²) in [7, 11) is 3.70. The summed E-state index contributed by atoms with van der Waals surface area (Å²) in [5, 5.41) is 13.4. The lowest BCUT2D eigenvalue weighted by Crippen LogP contribution is -2.23. The highest BCUT2D eigenvalue weighted by Gasteiger charge is 2.35. The highest BCUT2D eigenvalue weighted by atomic mass is 16.2. The number of aromatic nitrogens is 2. The first-order valence-electron chi connectivity index (χ1n) is 9.34. The molecule has 0 saturated carbocycles. The molecule has 0 atom stereocenters. The van der Waals surface area contributed by atoms with E-state index >= 15 is 0 Å². The standard InChI is InChI=1S/C23H17N5O2/c1-27-11-16(15-6-5-14(25)9-18(15)27)20-21(23(30)26-22(20)29)19-8-13-4-3-12(10-24)7-17(13)28(19)2/h3-9,11H,25H2,1-2H3,(H,26,29,30). The molecule has 4 aromatic rings. The third-order valence-corrected chi connectivity index (χ3v) is 5.65. The van der Waals surface area contributed by atoms with Gasteiger partial charge in [0, 0.05) is 47.8 Å². The van der Waals surface area contributed by atoms with Crippen LogP contribution in [0.15, 0.2) is 48.7 Å². The zero-order valence-electron chi connectivity index (χ0n) is 16.4. The maximum atomic E-state index is 12.8. The number of carbonyl (C=O) groups is 2. The van der Waals surface area contributed by atoms with E-state index < -0.39 is 11.8 Å². The molecule has 2 aromatic carbocycles. The number of imide groups is 1. The number of benzene rings is 2. The van der Waals surface area contributed by atoms with Crippen LogP contribution in [0, 0.1) is 11.3 Å². The predicted octanol–water partition coefficient (Wildman–Crippen LogP) is 2.69. The molecule has 0 fully saturated rings. The minimum absolute atomic E-state index is 0.321. The Bertz CT molecular complexity index is 1490. The van der Waals surface area contributed by atoms with Crippen molar-refractivity contribution in [3.63, 3.8) is 0 Å². The minimum Gasteiger partial charge on any atom is -0.399 e. The molecule has 0 aliphatic carbocycles. The van der Waals surface area contributed by atoms with E-state index in [9.17, 15) is 14.9 Å². The second kappa shape index (κ2) is 6.09. The summed E-state index contributed by atoms with van der Waals surface area (Å²) in [6.45, 7) is 0. The Hall–Kier alpha value is -4.31. The molecule has 2 amide bonds. The van der Waals surface area contributed by atoms with Gasteiger partial charge in [-0.1, -0.05) is 12.1 Å². The van der Waals surface area contributed by atoms with E-state index in [1.807, 2.05) is 53.7 Å². The van der Waals surface area contributed by atoms with Gasteiger partial charge in [0.25, 0.3) is 11.8 Å². The van der Waals surface area contributed by atoms with Gasteiger partial charge in [0.1, 0.15) is 0 Å². The van der Waals surface area contributed by atoms with Gasteiger partial charge in [-0.05, 0) is 30.3 Å². The van der Waals surface area contributed by atoms with Gasteiger partial charge < -0.3 is 14.9 Å². The quantitative estimate of drug-likeness (QED) is 0.402. The van der Waals surface area contributed by atoms with E-state index in [2.05, 4.69) is 11.4 Å². The SMILES string of the molecule is Cn1cc(C2=C(c3cc4ccc(C#N)cc4n3C)C(=O)NC2=O)c2ccc(N)cc21. The van der Waals surface area contributed by atoms with E-state index in [0.29, 0.717) is 33.7 Å². The number of nitrogen functional groups attached to an aromatic ring is 1. The summed E-state index contributed by atoms with van der Waals surface area (Å²) in [6.07, 6.45) is 1.84. The van der Waals surface area contributed by atoms with Gasteiger partial charge in [0.15, 0.2) is 0 Å². The number of nitrogens with zero attached hydrogens (tertiary/aromatic N) is 3. The van der Waals surface area contributed by atoms with Gasteiger partial charge in [-0.15, -0.1) is 0 Å². The van der Waals surface area contributed by atoms with E-state index in [-0.39, 0.29) is 0 Å². The normalized spacial score (nSPS) is 14.0. The molecule has 7 heteroatoms. The van der Waals surface area contributed by atoms with E-state index in [1.165, 1.54) is 0 Å². The Morgan fingerprint density at radius 3 is 2.50 bits per heavy atom. The Morgan fingerprint density at radius 2 is 1.73 bits per heavy atom. The van der Waals surface area contributed by atoms with Crippen LogP contribution in [0.1, 0.15) is 16.8 Å². The number of aryl methyl sites for hydroxylation is 2. The van der Waals surface area contributed by atoms with Crippen molar-refractivity contribution < 1.29 is 9.59 Å². The van der Waals surface area contributed by atoms with Crippen LogP contribution in [0.2, 0.25) is 0 Å². The van der Waals surface area contributed by atoms with Crippen LogP contribution in [0.3, 0.4) is 0 Å². The smallest absolute Gasteiger partial charge is 0.261 e. The topological polar surface area (TPSA) is 106 Å². The van der Waals surface area contributed by atoms with E-state index in [4.69, 9.17) is 5.73 Å². The average Bonchev–Trinajstić information content (AvgIpc) is 3.32. The van der Waals surface area contributed by atoms with Crippen molar-refractivity contribution in [2.75, 3.05) is 5.73 Å². The number of nitrogens with two attached hydrogens (primary N) is 1. The third kappa shape index (κ3) is 2.37. The molecular formula is C23H17N5O2. The number of amides is 2. The number of carbonyl (C=O) groups excluding carboxylic acids is 2. The highest BCUT2D eigenvalue weighted by molar-refractivity contribution is 6.50. The molecule has 1 aliphatic heterocycles. The Kier molecular flexibility index (Phi) is 3.61. The minimum atomic E-state index is -0.436. The van der Waals surface area contributed by atoms with Crippen LogP contribution in [0.4, 0.5) is 5.69 Å². The maximum absolute atomic E-state index is 12.8. The molecule has 0 bridgehead atoms. The van der Waals surface area contributed by atoms with Gasteiger partial charge in [-0.3, -0.25) is 14.9 Å². The highest BCUT2D eigenvalue weighted by Crippen LogP contribution is 2.37. The molecule has 7 nitrogen and oxygen atoms in total. The first-order valence-corrected chi connectivity index (χ1v) is 9.34. The zero-order chi connectivity index (χ0) is 21.2. The van der Waals surface area contributed by atoms with Crippen LogP contribution in [-0.4, -0.2) is 20.9 Å². The molecule has 3 N–H and O–H groups in total. The van der Waals surface area contributed by atoms with Gasteiger partial charge >= 0.3 is 0 Å². The fourth-order valence-electron chi connectivity index (χ4n) is 4.20. The summed E-state index contributed by atoms with van der Waals surface area (Å²) in [5.74, 6) is -0.865. The fraction of sp³-hybridized carbons (Fsp3) is 0.0870. The number of nitrogens with one attached hydrogen (secondary N) is 1. The number of hydrogen-bond donors (Lipinski definition) is 2. The Balaban J connectivity index is 1.83. The number of fused-ring (bicyclic) bond motifs is 2. The Labute approximate surface area is 171 Å². The number of hydrogen-bond acceptors (Lipinski definition) is 4. The molecule has 146 valence electrons. The molecule has 1 aliphatic rings. The van der Waals surface area contributed by atoms with Crippen LogP contribution < -0.4 is 11.1 Å². The lowest BCUT2D eigenvalue weighted by Gasteiger charge is -2.06.